The Kier molecular flexibility index (Phi) is 8.06. The van der Waals surface area contributed by atoms with Gasteiger partial charge in [-0.05, 0) is 86.5 Å². The Morgan fingerprint density at radius 3 is 2.18 bits per heavy atom. The van der Waals surface area contributed by atoms with Gasteiger partial charge in [0.15, 0.2) is 0 Å². The van der Waals surface area contributed by atoms with Crippen LogP contribution in [0, 0.1) is 0 Å². The van der Waals surface area contributed by atoms with E-state index < -0.39 is 11.6 Å². The normalized spacial score (nSPS) is 11.9. The number of esters is 1. The highest BCUT2D eigenvalue weighted by molar-refractivity contribution is 6.08. The standard InChI is InChI=1S/C31H31N3O4/c1-31(2,3)38-30(37)28(20-24-8-6-7-19-32-24)33-22-13-15-23(16-14-22)34-29(36)27-10-5-4-9-26(27)21-11-17-25(35)18-12-21/h4-19,28,33,35H,20H2,1-3H3,(H,34,36). The summed E-state index contributed by atoms with van der Waals surface area (Å²) in [6, 6.07) is 26.1. The first-order chi connectivity index (χ1) is 18.2. The minimum Gasteiger partial charge on any atom is -0.508 e. The number of anilines is 2. The Bertz CT molecular complexity index is 1380. The van der Waals surface area contributed by atoms with E-state index in [4.69, 9.17) is 4.74 Å². The van der Waals surface area contributed by atoms with E-state index in [1.165, 1.54) is 0 Å². The number of aromatic nitrogens is 1. The molecular formula is C31H31N3O4. The number of phenolic OH excluding ortho intramolecular Hbond substituents is 1. The van der Waals surface area contributed by atoms with Crippen molar-refractivity contribution in [3.05, 3.63) is 108 Å². The largest absolute Gasteiger partial charge is 0.508 e. The summed E-state index contributed by atoms with van der Waals surface area (Å²) >= 11 is 0. The topological polar surface area (TPSA) is 101 Å². The van der Waals surface area contributed by atoms with Crippen LogP contribution in [0.3, 0.4) is 0 Å². The molecule has 1 unspecified atom stereocenters. The van der Waals surface area contributed by atoms with Crippen molar-refractivity contribution >= 4 is 23.3 Å². The van der Waals surface area contributed by atoms with Gasteiger partial charge < -0.3 is 20.5 Å². The van der Waals surface area contributed by atoms with Gasteiger partial charge in [-0.2, -0.15) is 0 Å². The van der Waals surface area contributed by atoms with Crippen LogP contribution >= 0.6 is 0 Å². The van der Waals surface area contributed by atoms with Crippen molar-refractivity contribution in [3.8, 4) is 16.9 Å². The molecule has 3 aromatic carbocycles. The molecule has 0 radical (unpaired) electrons. The van der Waals surface area contributed by atoms with Crippen LogP contribution in [-0.4, -0.2) is 33.6 Å². The molecule has 4 rings (SSSR count). The molecule has 0 saturated heterocycles. The number of nitrogens with one attached hydrogen (secondary N) is 2. The van der Waals surface area contributed by atoms with Crippen LogP contribution in [-0.2, 0) is 16.0 Å². The van der Waals surface area contributed by atoms with Crippen LogP contribution in [0.25, 0.3) is 11.1 Å². The quantitative estimate of drug-likeness (QED) is 0.249. The van der Waals surface area contributed by atoms with Gasteiger partial charge in [0.1, 0.15) is 17.4 Å². The molecule has 1 heterocycles. The monoisotopic (exact) mass is 509 g/mol. The molecule has 0 spiro atoms. The number of phenols is 1. The molecule has 0 aliphatic rings. The van der Waals surface area contributed by atoms with Crippen molar-refractivity contribution in [1.82, 2.24) is 4.98 Å². The van der Waals surface area contributed by atoms with Crippen LogP contribution in [0.1, 0.15) is 36.8 Å². The molecule has 0 aliphatic carbocycles. The molecule has 194 valence electrons. The molecule has 7 nitrogen and oxygen atoms in total. The summed E-state index contributed by atoms with van der Waals surface area (Å²) in [5, 5.41) is 15.8. The van der Waals surface area contributed by atoms with Crippen molar-refractivity contribution in [2.75, 3.05) is 10.6 Å². The molecule has 1 atom stereocenters. The van der Waals surface area contributed by atoms with Gasteiger partial charge in [0.05, 0.1) is 0 Å². The number of benzene rings is 3. The highest BCUT2D eigenvalue weighted by Crippen LogP contribution is 2.26. The van der Waals surface area contributed by atoms with E-state index in [0.29, 0.717) is 23.4 Å². The molecule has 0 saturated carbocycles. The second-order valence-corrected chi connectivity index (χ2v) is 9.88. The van der Waals surface area contributed by atoms with Crippen molar-refractivity contribution in [3.63, 3.8) is 0 Å². The maximum atomic E-state index is 13.1. The fourth-order valence-electron chi connectivity index (χ4n) is 3.92. The van der Waals surface area contributed by atoms with Gasteiger partial charge in [0.25, 0.3) is 5.91 Å². The number of rotatable bonds is 8. The number of carbonyl (C=O) groups is 2. The highest BCUT2D eigenvalue weighted by Gasteiger charge is 2.26. The van der Waals surface area contributed by atoms with Crippen molar-refractivity contribution in [2.45, 2.75) is 38.8 Å². The van der Waals surface area contributed by atoms with Crippen LogP contribution in [0.2, 0.25) is 0 Å². The average Bonchev–Trinajstić information content (AvgIpc) is 2.89. The van der Waals surface area contributed by atoms with E-state index in [1.807, 2.05) is 57.2 Å². The first-order valence-electron chi connectivity index (χ1n) is 12.4. The summed E-state index contributed by atoms with van der Waals surface area (Å²) < 4.78 is 5.62. The number of carbonyl (C=O) groups excluding carboxylic acids is 2. The molecular weight excluding hydrogens is 478 g/mol. The maximum Gasteiger partial charge on any atom is 0.329 e. The van der Waals surface area contributed by atoms with Gasteiger partial charge >= 0.3 is 5.97 Å². The fourth-order valence-corrected chi connectivity index (χ4v) is 3.92. The van der Waals surface area contributed by atoms with Crippen LogP contribution in [0.15, 0.2) is 97.2 Å². The molecule has 7 heteroatoms. The summed E-state index contributed by atoms with van der Waals surface area (Å²) in [7, 11) is 0. The van der Waals surface area contributed by atoms with Gasteiger partial charge in [0.2, 0.25) is 0 Å². The SMILES string of the molecule is CC(C)(C)OC(=O)C(Cc1ccccn1)Nc1ccc(NC(=O)c2ccccc2-c2ccc(O)cc2)cc1. The number of aromatic hydroxyl groups is 1. The van der Waals surface area contributed by atoms with Gasteiger partial charge in [-0.15, -0.1) is 0 Å². The molecule has 0 aliphatic heterocycles. The zero-order valence-electron chi connectivity index (χ0n) is 21.6. The molecule has 0 bridgehead atoms. The number of nitrogens with zero attached hydrogens (tertiary/aromatic N) is 1. The molecule has 1 aromatic heterocycles. The lowest BCUT2D eigenvalue weighted by Crippen LogP contribution is -2.38. The van der Waals surface area contributed by atoms with Crippen LogP contribution in [0.4, 0.5) is 11.4 Å². The van der Waals surface area contributed by atoms with E-state index in [1.54, 1.807) is 60.8 Å². The first kappa shape index (κ1) is 26.4. The van der Waals surface area contributed by atoms with Gasteiger partial charge in [0, 0.05) is 35.2 Å². The van der Waals surface area contributed by atoms with Crippen molar-refractivity contribution in [1.29, 1.82) is 0 Å². The second-order valence-electron chi connectivity index (χ2n) is 9.88. The maximum absolute atomic E-state index is 13.1. The number of amides is 1. The Morgan fingerprint density at radius 1 is 0.868 bits per heavy atom. The second kappa shape index (κ2) is 11.6. The lowest BCUT2D eigenvalue weighted by atomic mass is 9.99. The van der Waals surface area contributed by atoms with Gasteiger partial charge in [-0.3, -0.25) is 9.78 Å². The van der Waals surface area contributed by atoms with E-state index in [0.717, 1.165) is 16.8 Å². The molecule has 38 heavy (non-hydrogen) atoms. The zero-order chi connectivity index (χ0) is 27.1. The predicted octanol–water partition coefficient (Wildman–Crippen LogP) is 6.07. The van der Waals surface area contributed by atoms with Gasteiger partial charge in [-0.1, -0.05) is 36.4 Å². The third-order valence-corrected chi connectivity index (χ3v) is 5.66. The number of hydrogen-bond acceptors (Lipinski definition) is 6. The van der Waals surface area contributed by atoms with Crippen LogP contribution < -0.4 is 10.6 Å². The Morgan fingerprint density at radius 2 is 1.53 bits per heavy atom. The molecule has 1 amide bonds. The molecule has 4 aromatic rings. The number of hydrogen-bond donors (Lipinski definition) is 3. The average molecular weight is 510 g/mol. The lowest BCUT2D eigenvalue weighted by Gasteiger charge is -2.25. The van der Waals surface area contributed by atoms with E-state index in [-0.39, 0.29) is 17.6 Å². The lowest BCUT2D eigenvalue weighted by molar-refractivity contribution is -0.155. The predicted molar refractivity (Wildman–Crippen MR) is 149 cm³/mol. The highest BCUT2D eigenvalue weighted by atomic mass is 16.6. The molecule has 3 N–H and O–H groups in total. The summed E-state index contributed by atoms with van der Waals surface area (Å²) in [6.07, 6.45) is 2.06. The van der Waals surface area contributed by atoms with Crippen molar-refractivity contribution in [2.24, 2.45) is 0 Å². The summed E-state index contributed by atoms with van der Waals surface area (Å²) in [6.45, 7) is 5.50. The van der Waals surface area contributed by atoms with Crippen molar-refractivity contribution < 1.29 is 19.4 Å². The summed E-state index contributed by atoms with van der Waals surface area (Å²) in [4.78, 5) is 30.4. The van der Waals surface area contributed by atoms with E-state index in [2.05, 4.69) is 15.6 Å². The molecule has 0 fully saturated rings. The smallest absolute Gasteiger partial charge is 0.329 e. The fraction of sp³-hybridized carbons (Fsp3) is 0.194. The minimum atomic E-state index is -0.637. The third kappa shape index (κ3) is 7.20. The zero-order valence-corrected chi connectivity index (χ0v) is 21.6. The Labute approximate surface area is 222 Å². The van der Waals surface area contributed by atoms with E-state index in [9.17, 15) is 14.7 Å². The van der Waals surface area contributed by atoms with Gasteiger partial charge in [-0.25, -0.2) is 4.79 Å². The number of pyridine rings is 1. The Balaban J connectivity index is 1.48. The van der Waals surface area contributed by atoms with E-state index >= 15 is 0 Å². The number of ether oxygens (including phenoxy) is 1. The summed E-state index contributed by atoms with van der Waals surface area (Å²) in [5.74, 6) is -0.458. The minimum absolute atomic E-state index is 0.165. The third-order valence-electron chi connectivity index (χ3n) is 5.66. The summed E-state index contributed by atoms with van der Waals surface area (Å²) in [5.41, 5.74) is 3.57. The first-order valence-corrected chi connectivity index (χ1v) is 12.4. The van der Waals surface area contributed by atoms with Crippen LogP contribution in [0.5, 0.6) is 5.75 Å². The Hall–Kier alpha value is -4.65.